The predicted octanol–water partition coefficient (Wildman–Crippen LogP) is 4.76. The third-order valence-corrected chi connectivity index (χ3v) is 4.59. The summed E-state index contributed by atoms with van der Waals surface area (Å²) < 4.78 is 0. The zero-order valence-electron chi connectivity index (χ0n) is 12.4. The molecule has 0 saturated heterocycles. The van der Waals surface area contributed by atoms with E-state index in [0.29, 0.717) is 5.41 Å². The summed E-state index contributed by atoms with van der Waals surface area (Å²) in [4.78, 5) is 0. The highest BCUT2D eigenvalue weighted by atomic mass is 14.9. The van der Waals surface area contributed by atoms with E-state index in [1.54, 1.807) is 0 Å². The van der Waals surface area contributed by atoms with Crippen molar-refractivity contribution in [3.05, 3.63) is 0 Å². The van der Waals surface area contributed by atoms with Crippen molar-refractivity contribution in [3.63, 3.8) is 0 Å². The Morgan fingerprint density at radius 3 is 2.41 bits per heavy atom. The van der Waals surface area contributed by atoms with Crippen molar-refractivity contribution in [3.8, 4) is 0 Å². The molecular formula is C16H33N. The normalized spacial score (nSPS) is 21.4. The Balaban J connectivity index is 2.16. The maximum absolute atomic E-state index is 3.76. The van der Waals surface area contributed by atoms with Crippen LogP contribution in [0.3, 0.4) is 0 Å². The molecule has 0 heterocycles. The van der Waals surface area contributed by atoms with Crippen molar-refractivity contribution in [2.45, 2.75) is 78.6 Å². The number of rotatable bonds is 8. The molecule has 1 nitrogen and oxygen atoms in total. The van der Waals surface area contributed by atoms with Gasteiger partial charge < -0.3 is 5.32 Å². The molecule has 1 fully saturated rings. The Kier molecular flexibility index (Phi) is 7.18. The van der Waals surface area contributed by atoms with E-state index in [-0.39, 0.29) is 0 Å². The fourth-order valence-electron chi connectivity index (χ4n) is 3.10. The molecule has 1 atom stereocenters. The number of hydrogen-bond donors (Lipinski definition) is 1. The fourth-order valence-corrected chi connectivity index (χ4v) is 3.10. The summed E-state index contributed by atoms with van der Waals surface area (Å²) >= 11 is 0. The Morgan fingerprint density at radius 1 is 1.12 bits per heavy atom. The van der Waals surface area contributed by atoms with Crippen molar-refractivity contribution in [2.24, 2.45) is 11.3 Å². The lowest BCUT2D eigenvalue weighted by Gasteiger charge is -2.34. The molecule has 17 heavy (non-hydrogen) atoms. The number of nitrogens with one attached hydrogen (secondary N) is 1. The van der Waals surface area contributed by atoms with Crippen LogP contribution in [0.2, 0.25) is 0 Å². The Bertz CT molecular complexity index is 182. The van der Waals surface area contributed by atoms with Crippen LogP contribution in [-0.4, -0.2) is 13.1 Å². The molecule has 0 bridgehead atoms. The summed E-state index contributed by atoms with van der Waals surface area (Å²) in [6.45, 7) is 9.60. The van der Waals surface area contributed by atoms with Gasteiger partial charge >= 0.3 is 0 Å². The van der Waals surface area contributed by atoms with Crippen LogP contribution in [0.15, 0.2) is 0 Å². The fraction of sp³-hybridized carbons (Fsp3) is 1.00. The quantitative estimate of drug-likeness (QED) is 0.644. The molecule has 0 aromatic heterocycles. The average molecular weight is 239 g/mol. The molecule has 0 aromatic carbocycles. The third-order valence-electron chi connectivity index (χ3n) is 4.59. The van der Waals surface area contributed by atoms with Gasteiger partial charge in [-0.2, -0.15) is 0 Å². The van der Waals surface area contributed by atoms with Gasteiger partial charge in [-0.25, -0.2) is 0 Å². The molecule has 0 amide bonds. The van der Waals surface area contributed by atoms with Crippen molar-refractivity contribution in [2.75, 3.05) is 13.1 Å². The highest BCUT2D eigenvalue weighted by Crippen LogP contribution is 2.34. The first-order valence-electron chi connectivity index (χ1n) is 7.91. The zero-order chi connectivity index (χ0) is 12.6. The van der Waals surface area contributed by atoms with E-state index >= 15 is 0 Å². The minimum Gasteiger partial charge on any atom is -0.316 e. The van der Waals surface area contributed by atoms with Gasteiger partial charge in [0, 0.05) is 6.54 Å². The second-order valence-electron chi connectivity index (χ2n) is 6.42. The monoisotopic (exact) mass is 239 g/mol. The van der Waals surface area contributed by atoms with Gasteiger partial charge in [0.1, 0.15) is 0 Å². The summed E-state index contributed by atoms with van der Waals surface area (Å²) in [6, 6.07) is 0. The topological polar surface area (TPSA) is 12.0 Å². The van der Waals surface area contributed by atoms with Gasteiger partial charge in [-0.15, -0.1) is 0 Å². The van der Waals surface area contributed by atoms with Crippen LogP contribution < -0.4 is 5.32 Å². The highest BCUT2D eigenvalue weighted by molar-refractivity contribution is 4.80. The van der Waals surface area contributed by atoms with E-state index in [2.05, 4.69) is 26.1 Å². The summed E-state index contributed by atoms with van der Waals surface area (Å²) in [6.07, 6.45) is 12.7. The van der Waals surface area contributed by atoms with Crippen LogP contribution in [0.5, 0.6) is 0 Å². The highest BCUT2D eigenvalue weighted by Gasteiger charge is 2.26. The van der Waals surface area contributed by atoms with Crippen LogP contribution in [0, 0.1) is 11.3 Å². The molecule has 102 valence electrons. The largest absolute Gasteiger partial charge is 0.316 e. The lowest BCUT2D eigenvalue weighted by molar-refractivity contribution is 0.203. The van der Waals surface area contributed by atoms with Crippen LogP contribution >= 0.6 is 0 Å². The van der Waals surface area contributed by atoms with Gasteiger partial charge in [-0.05, 0) is 37.1 Å². The Hall–Kier alpha value is -0.0400. The lowest BCUT2D eigenvalue weighted by atomic mass is 9.75. The molecule has 0 aromatic rings. The third kappa shape index (κ3) is 5.90. The Morgan fingerprint density at radius 2 is 1.82 bits per heavy atom. The van der Waals surface area contributed by atoms with Crippen molar-refractivity contribution >= 4 is 0 Å². The molecule has 1 aliphatic carbocycles. The molecular weight excluding hydrogens is 206 g/mol. The SMILES string of the molecule is CCCCC(CC)CNCC1(C)CCCCC1. The summed E-state index contributed by atoms with van der Waals surface area (Å²) in [5.41, 5.74) is 0.599. The van der Waals surface area contributed by atoms with E-state index in [0.717, 1.165) is 5.92 Å². The molecule has 1 aliphatic rings. The van der Waals surface area contributed by atoms with Crippen LogP contribution in [0.25, 0.3) is 0 Å². The second-order valence-corrected chi connectivity index (χ2v) is 6.42. The minimum absolute atomic E-state index is 0.599. The minimum atomic E-state index is 0.599. The van der Waals surface area contributed by atoms with E-state index in [1.807, 2.05) is 0 Å². The lowest BCUT2D eigenvalue weighted by Crippen LogP contribution is -2.36. The first kappa shape index (κ1) is 15.0. The van der Waals surface area contributed by atoms with Crippen molar-refractivity contribution < 1.29 is 0 Å². The van der Waals surface area contributed by atoms with E-state index in [9.17, 15) is 0 Å². The van der Waals surface area contributed by atoms with Gasteiger partial charge in [-0.3, -0.25) is 0 Å². The maximum atomic E-state index is 3.76. The summed E-state index contributed by atoms with van der Waals surface area (Å²) in [7, 11) is 0. The van der Waals surface area contributed by atoms with Gasteiger partial charge in [0.2, 0.25) is 0 Å². The van der Waals surface area contributed by atoms with Crippen molar-refractivity contribution in [1.29, 1.82) is 0 Å². The summed E-state index contributed by atoms with van der Waals surface area (Å²) in [5.74, 6) is 0.905. The standard InChI is InChI=1S/C16H33N/c1-4-6-10-15(5-2)13-17-14-16(3)11-8-7-9-12-16/h15,17H,4-14H2,1-3H3. The van der Waals surface area contributed by atoms with E-state index in [1.165, 1.54) is 70.9 Å². The summed E-state index contributed by atoms with van der Waals surface area (Å²) in [5, 5.41) is 3.76. The number of unbranched alkanes of at least 4 members (excludes halogenated alkanes) is 1. The molecule has 1 heteroatoms. The first-order valence-corrected chi connectivity index (χ1v) is 7.91. The maximum Gasteiger partial charge on any atom is 0.000527 e. The molecule has 0 aliphatic heterocycles. The molecule has 1 saturated carbocycles. The molecule has 0 spiro atoms. The van der Waals surface area contributed by atoms with Crippen LogP contribution in [-0.2, 0) is 0 Å². The van der Waals surface area contributed by atoms with Crippen LogP contribution in [0.1, 0.15) is 78.6 Å². The molecule has 0 radical (unpaired) electrons. The van der Waals surface area contributed by atoms with Gasteiger partial charge in [-0.1, -0.05) is 59.3 Å². The van der Waals surface area contributed by atoms with Gasteiger partial charge in [0.05, 0.1) is 0 Å². The average Bonchev–Trinajstić information content (AvgIpc) is 2.34. The second kappa shape index (κ2) is 8.13. The van der Waals surface area contributed by atoms with Gasteiger partial charge in [0.25, 0.3) is 0 Å². The number of hydrogen-bond acceptors (Lipinski definition) is 1. The van der Waals surface area contributed by atoms with Crippen molar-refractivity contribution in [1.82, 2.24) is 5.32 Å². The Labute approximate surface area is 109 Å². The van der Waals surface area contributed by atoms with Gasteiger partial charge in [0.15, 0.2) is 0 Å². The smallest absolute Gasteiger partial charge is 0.000527 e. The van der Waals surface area contributed by atoms with E-state index < -0.39 is 0 Å². The van der Waals surface area contributed by atoms with Crippen LogP contribution in [0.4, 0.5) is 0 Å². The predicted molar refractivity (Wildman–Crippen MR) is 77.4 cm³/mol. The molecule has 1 unspecified atom stereocenters. The molecule has 1 rings (SSSR count). The van der Waals surface area contributed by atoms with E-state index in [4.69, 9.17) is 0 Å². The molecule has 1 N–H and O–H groups in total. The zero-order valence-corrected chi connectivity index (χ0v) is 12.4. The first-order chi connectivity index (χ1) is 8.20.